The minimum absolute atomic E-state index is 0.936. The summed E-state index contributed by atoms with van der Waals surface area (Å²) >= 11 is 0. The zero-order valence-electron chi connectivity index (χ0n) is 24.9. The molecule has 0 unspecified atom stereocenters. The number of fused-ring (bicyclic) bond motifs is 6. The second kappa shape index (κ2) is 10.8. The fourth-order valence-corrected chi connectivity index (χ4v) is 6.71. The van der Waals surface area contributed by atoms with Crippen molar-refractivity contribution >= 4 is 43.2 Å². The van der Waals surface area contributed by atoms with Crippen LogP contribution < -0.4 is 0 Å². The van der Waals surface area contributed by atoms with Crippen LogP contribution in [0.5, 0.6) is 0 Å². The first-order chi connectivity index (χ1) is 22.8. The molecule has 9 rings (SSSR count). The van der Waals surface area contributed by atoms with Gasteiger partial charge in [-0.1, -0.05) is 109 Å². The summed E-state index contributed by atoms with van der Waals surface area (Å²) in [5, 5.41) is 8.44. The summed E-state index contributed by atoms with van der Waals surface area (Å²) in [6.45, 7) is 0. The second-order valence-corrected chi connectivity index (χ2v) is 11.7. The number of pyridine rings is 3. The van der Waals surface area contributed by atoms with Crippen LogP contribution in [0.15, 0.2) is 164 Å². The van der Waals surface area contributed by atoms with Crippen LogP contribution in [0.4, 0.5) is 0 Å². The maximum atomic E-state index is 5.30. The first-order valence-electron chi connectivity index (χ1n) is 15.5. The SMILES string of the molecule is c1cc(-c2ccncc2)nc(-c2ccc(-c3cc4c(-c5ccc6ccccc6c5)nc5ccccc5c4c4ccccc34)cc2)c1. The third-order valence-corrected chi connectivity index (χ3v) is 8.95. The van der Waals surface area contributed by atoms with Gasteiger partial charge in [0.05, 0.1) is 22.6 Å². The number of rotatable bonds is 4. The summed E-state index contributed by atoms with van der Waals surface area (Å²) < 4.78 is 0. The molecule has 3 aromatic heterocycles. The van der Waals surface area contributed by atoms with Crippen molar-refractivity contribution < 1.29 is 0 Å². The van der Waals surface area contributed by atoms with Crippen molar-refractivity contribution in [3.63, 3.8) is 0 Å². The van der Waals surface area contributed by atoms with E-state index >= 15 is 0 Å². The van der Waals surface area contributed by atoms with E-state index in [2.05, 4.69) is 138 Å². The molecule has 0 atom stereocenters. The van der Waals surface area contributed by atoms with Crippen molar-refractivity contribution in [3.05, 3.63) is 164 Å². The Morgan fingerprint density at radius 2 is 1.00 bits per heavy atom. The van der Waals surface area contributed by atoms with Gasteiger partial charge in [-0.05, 0) is 75.1 Å². The molecule has 0 aliphatic heterocycles. The Hall–Kier alpha value is -6.19. The van der Waals surface area contributed by atoms with Gasteiger partial charge in [0.15, 0.2) is 0 Å². The highest BCUT2D eigenvalue weighted by molar-refractivity contribution is 6.25. The average Bonchev–Trinajstić information content (AvgIpc) is 3.14. The fraction of sp³-hybridized carbons (Fsp3) is 0. The lowest BCUT2D eigenvalue weighted by Crippen LogP contribution is -1.93. The van der Waals surface area contributed by atoms with Gasteiger partial charge in [0.1, 0.15) is 0 Å². The number of para-hydroxylation sites is 1. The first-order valence-corrected chi connectivity index (χ1v) is 15.5. The van der Waals surface area contributed by atoms with Gasteiger partial charge in [-0.25, -0.2) is 9.97 Å². The van der Waals surface area contributed by atoms with Gasteiger partial charge >= 0.3 is 0 Å². The van der Waals surface area contributed by atoms with Crippen molar-refractivity contribution in [2.45, 2.75) is 0 Å². The third-order valence-electron chi connectivity index (χ3n) is 8.95. The van der Waals surface area contributed by atoms with Crippen LogP contribution in [-0.2, 0) is 0 Å². The van der Waals surface area contributed by atoms with Gasteiger partial charge < -0.3 is 0 Å². The molecule has 0 radical (unpaired) electrons. The van der Waals surface area contributed by atoms with Gasteiger partial charge in [-0.2, -0.15) is 0 Å². The molecule has 214 valence electrons. The van der Waals surface area contributed by atoms with Gasteiger partial charge in [0, 0.05) is 45.2 Å². The average molecular weight is 586 g/mol. The van der Waals surface area contributed by atoms with E-state index in [1.807, 2.05) is 18.2 Å². The lowest BCUT2D eigenvalue weighted by Gasteiger charge is -2.16. The second-order valence-electron chi connectivity index (χ2n) is 11.7. The van der Waals surface area contributed by atoms with E-state index < -0.39 is 0 Å². The molecule has 0 bridgehead atoms. The Balaban J connectivity index is 1.25. The smallest absolute Gasteiger partial charge is 0.0788 e. The Bertz CT molecular complexity index is 2570. The zero-order chi connectivity index (χ0) is 30.5. The van der Waals surface area contributed by atoms with Gasteiger partial charge in [-0.15, -0.1) is 0 Å². The van der Waals surface area contributed by atoms with Crippen LogP contribution in [0.2, 0.25) is 0 Å². The summed E-state index contributed by atoms with van der Waals surface area (Å²) in [5.74, 6) is 0. The normalized spacial score (nSPS) is 11.5. The van der Waals surface area contributed by atoms with Crippen molar-refractivity contribution in [1.29, 1.82) is 0 Å². The summed E-state index contributed by atoms with van der Waals surface area (Å²) in [5.41, 5.74) is 9.47. The number of hydrogen-bond donors (Lipinski definition) is 0. The van der Waals surface area contributed by atoms with Gasteiger partial charge in [-0.3, -0.25) is 4.98 Å². The summed E-state index contributed by atoms with van der Waals surface area (Å²) in [6, 6.07) is 53.7. The molecule has 0 aliphatic rings. The third kappa shape index (κ3) is 4.41. The molecular weight excluding hydrogens is 558 g/mol. The van der Waals surface area contributed by atoms with E-state index in [1.54, 1.807) is 12.4 Å². The van der Waals surface area contributed by atoms with Crippen LogP contribution in [0.25, 0.3) is 88.1 Å². The molecule has 0 saturated heterocycles. The number of hydrogen-bond acceptors (Lipinski definition) is 3. The van der Waals surface area contributed by atoms with Crippen LogP contribution in [-0.4, -0.2) is 15.0 Å². The minimum atomic E-state index is 0.936. The van der Waals surface area contributed by atoms with Crippen molar-refractivity contribution in [2.24, 2.45) is 0 Å². The van der Waals surface area contributed by atoms with Crippen LogP contribution in [0.3, 0.4) is 0 Å². The van der Waals surface area contributed by atoms with Crippen molar-refractivity contribution in [3.8, 4) is 44.9 Å². The monoisotopic (exact) mass is 585 g/mol. The highest BCUT2D eigenvalue weighted by Crippen LogP contribution is 2.42. The van der Waals surface area contributed by atoms with Gasteiger partial charge in [0.25, 0.3) is 0 Å². The molecule has 6 aromatic carbocycles. The van der Waals surface area contributed by atoms with Crippen molar-refractivity contribution in [1.82, 2.24) is 15.0 Å². The number of benzene rings is 6. The maximum Gasteiger partial charge on any atom is 0.0788 e. The molecule has 0 aliphatic carbocycles. The summed E-state index contributed by atoms with van der Waals surface area (Å²) in [7, 11) is 0. The number of aromatic nitrogens is 3. The molecular formula is C43H27N3. The van der Waals surface area contributed by atoms with Crippen LogP contribution >= 0.6 is 0 Å². The summed E-state index contributed by atoms with van der Waals surface area (Å²) in [4.78, 5) is 14.4. The topological polar surface area (TPSA) is 38.7 Å². The fourth-order valence-electron chi connectivity index (χ4n) is 6.71. The molecule has 9 aromatic rings. The molecule has 0 N–H and O–H groups in total. The van der Waals surface area contributed by atoms with E-state index in [1.165, 1.54) is 37.9 Å². The molecule has 46 heavy (non-hydrogen) atoms. The molecule has 0 spiro atoms. The predicted octanol–water partition coefficient (Wildman–Crippen LogP) is 11.2. The zero-order valence-corrected chi connectivity index (χ0v) is 24.9. The van der Waals surface area contributed by atoms with E-state index in [0.29, 0.717) is 0 Å². The Morgan fingerprint density at radius 1 is 0.370 bits per heavy atom. The van der Waals surface area contributed by atoms with E-state index in [4.69, 9.17) is 9.97 Å². The Kier molecular flexibility index (Phi) is 6.14. The predicted molar refractivity (Wildman–Crippen MR) is 192 cm³/mol. The molecule has 3 heterocycles. The highest BCUT2D eigenvalue weighted by atomic mass is 14.7. The van der Waals surface area contributed by atoms with Crippen molar-refractivity contribution in [2.75, 3.05) is 0 Å². The van der Waals surface area contributed by atoms with Crippen LogP contribution in [0, 0.1) is 0 Å². The Labute approximate surface area is 266 Å². The Morgan fingerprint density at radius 3 is 1.80 bits per heavy atom. The lowest BCUT2D eigenvalue weighted by molar-refractivity contribution is 1.29. The highest BCUT2D eigenvalue weighted by Gasteiger charge is 2.17. The van der Waals surface area contributed by atoms with E-state index in [-0.39, 0.29) is 0 Å². The largest absolute Gasteiger partial charge is 0.265 e. The molecule has 3 heteroatoms. The quantitative estimate of drug-likeness (QED) is 0.193. The first kappa shape index (κ1) is 26.2. The molecule has 0 saturated carbocycles. The standard InChI is InChI=1S/C43H27N3/c1-2-9-32-26-33(21-16-28(32)8-1)43-38-27-37(34-10-3-4-11-35(34)42(38)36-12-5-6-13-41(36)46-43)29-17-19-30(20-18-29)39-14-7-15-40(45-39)31-22-24-44-25-23-31/h1-27H. The van der Waals surface area contributed by atoms with E-state index in [9.17, 15) is 0 Å². The molecule has 3 nitrogen and oxygen atoms in total. The van der Waals surface area contributed by atoms with E-state index in [0.717, 1.165) is 50.2 Å². The van der Waals surface area contributed by atoms with Crippen LogP contribution in [0.1, 0.15) is 0 Å². The molecule has 0 amide bonds. The number of nitrogens with zero attached hydrogens (tertiary/aromatic N) is 3. The minimum Gasteiger partial charge on any atom is -0.265 e. The summed E-state index contributed by atoms with van der Waals surface area (Å²) in [6.07, 6.45) is 3.60. The maximum absolute atomic E-state index is 5.30. The van der Waals surface area contributed by atoms with Gasteiger partial charge in [0.2, 0.25) is 0 Å². The lowest BCUT2D eigenvalue weighted by atomic mass is 9.89. The molecule has 0 fully saturated rings.